The van der Waals surface area contributed by atoms with E-state index >= 15 is 0 Å². The molecule has 0 spiro atoms. The van der Waals surface area contributed by atoms with Gasteiger partial charge in [0, 0.05) is 42.9 Å². The molecule has 7 heteroatoms. The topological polar surface area (TPSA) is 48.4 Å². The molecule has 30 heavy (non-hydrogen) atoms. The number of fused-ring (bicyclic) bond motifs is 1. The van der Waals surface area contributed by atoms with Crippen LogP contribution in [0.5, 0.6) is 5.75 Å². The Kier molecular flexibility index (Phi) is 6.57. The molecule has 0 aliphatic carbocycles. The van der Waals surface area contributed by atoms with Crippen LogP contribution in [0.25, 0.3) is 10.1 Å². The maximum atomic E-state index is 12.6. The van der Waals surface area contributed by atoms with Crippen LogP contribution in [0.1, 0.15) is 22.2 Å². The number of pyridine rings is 1. The van der Waals surface area contributed by atoms with Gasteiger partial charge in [0.2, 0.25) is 0 Å². The second-order valence-corrected chi connectivity index (χ2v) is 8.92. The number of ether oxygens (including phenoxy) is 2. The first-order valence-electron chi connectivity index (χ1n) is 9.33. The molecule has 0 unspecified atom stereocenters. The number of hydrogen-bond donors (Lipinski definition) is 0. The molecule has 0 saturated heterocycles. The number of carbonyl (C=O) groups excluding carboxylic acids is 1. The summed E-state index contributed by atoms with van der Waals surface area (Å²) >= 11 is 9.06. The highest BCUT2D eigenvalue weighted by atomic mass is 35.5. The third-order valence-corrected chi connectivity index (χ3v) is 6.84. The maximum absolute atomic E-state index is 12.6. The molecule has 4 nitrogen and oxygen atoms in total. The minimum atomic E-state index is -0.318. The summed E-state index contributed by atoms with van der Waals surface area (Å²) in [5.74, 6) is 0.420. The van der Waals surface area contributed by atoms with Crippen LogP contribution in [-0.2, 0) is 11.3 Å². The molecule has 4 rings (SSSR count). The Morgan fingerprint density at radius 2 is 2.07 bits per heavy atom. The summed E-state index contributed by atoms with van der Waals surface area (Å²) in [5.41, 5.74) is 0.994. The molecule has 2 aromatic heterocycles. The van der Waals surface area contributed by atoms with Crippen LogP contribution in [0.2, 0.25) is 5.02 Å². The van der Waals surface area contributed by atoms with Crippen molar-refractivity contribution in [2.24, 2.45) is 0 Å². The van der Waals surface area contributed by atoms with Crippen LogP contribution in [0.4, 0.5) is 0 Å². The minimum absolute atomic E-state index is 0.318. The number of halogens is 1. The Balaban J connectivity index is 1.67. The van der Waals surface area contributed by atoms with Crippen LogP contribution in [0.15, 0.2) is 76.8 Å². The number of benzene rings is 2. The van der Waals surface area contributed by atoms with Gasteiger partial charge < -0.3 is 9.47 Å². The second kappa shape index (κ2) is 9.51. The van der Waals surface area contributed by atoms with E-state index in [0.29, 0.717) is 23.1 Å². The average Bonchev–Trinajstić information content (AvgIpc) is 3.11. The molecule has 0 N–H and O–H groups in total. The van der Waals surface area contributed by atoms with Gasteiger partial charge in [-0.1, -0.05) is 35.5 Å². The fraction of sp³-hybridized carbons (Fsp3) is 0.130. The van der Waals surface area contributed by atoms with Crippen molar-refractivity contribution in [2.45, 2.75) is 23.3 Å². The Bertz CT molecular complexity index is 1180. The van der Waals surface area contributed by atoms with Crippen molar-refractivity contribution >= 4 is 50.8 Å². The van der Waals surface area contributed by atoms with Crippen LogP contribution in [0, 0.1) is 0 Å². The Hall–Kier alpha value is -2.54. The fourth-order valence-electron chi connectivity index (χ4n) is 2.87. The average molecular weight is 456 g/mol. The number of aromatic nitrogens is 1. The highest BCUT2D eigenvalue weighted by molar-refractivity contribution is 7.99. The van der Waals surface area contributed by atoms with E-state index in [1.54, 1.807) is 19.3 Å². The second-order valence-electron chi connectivity index (χ2n) is 6.35. The van der Waals surface area contributed by atoms with Crippen molar-refractivity contribution in [2.75, 3.05) is 6.61 Å². The molecule has 0 bridgehead atoms. The predicted molar refractivity (Wildman–Crippen MR) is 122 cm³/mol. The van der Waals surface area contributed by atoms with Crippen molar-refractivity contribution in [3.63, 3.8) is 0 Å². The summed E-state index contributed by atoms with van der Waals surface area (Å²) in [6, 6.07) is 17.3. The van der Waals surface area contributed by atoms with Gasteiger partial charge in [0.25, 0.3) is 0 Å². The van der Waals surface area contributed by atoms with E-state index in [9.17, 15) is 4.79 Å². The standard InChI is InChI=1S/C23H18ClNO3S2/c1-2-27-23(26)22-21(29-18-7-3-6-16(24)11-18)19-9-8-17(12-20(19)30-22)28-14-15-5-4-10-25-13-15/h3-13H,2,14H2,1H3. The third-order valence-electron chi connectivity index (χ3n) is 4.22. The number of rotatable bonds is 7. The molecule has 152 valence electrons. The summed E-state index contributed by atoms with van der Waals surface area (Å²) < 4.78 is 12.2. The largest absolute Gasteiger partial charge is 0.489 e. The van der Waals surface area contributed by atoms with Crippen molar-refractivity contribution in [3.8, 4) is 5.75 Å². The molecule has 0 radical (unpaired) electrons. The molecule has 0 atom stereocenters. The Labute approximate surface area is 187 Å². The van der Waals surface area contributed by atoms with Crippen LogP contribution in [0.3, 0.4) is 0 Å². The van der Waals surface area contributed by atoms with Gasteiger partial charge in [-0.05, 0) is 49.4 Å². The van der Waals surface area contributed by atoms with E-state index < -0.39 is 0 Å². The van der Waals surface area contributed by atoms with Crippen LogP contribution < -0.4 is 4.74 Å². The molecule has 0 aliphatic rings. The van der Waals surface area contributed by atoms with Gasteiger partial charge in [0.15, 0.2) is 0 Å². The summed E-state index contributed by atoms with van der Waals surface area (Å²) in [7, 11) is 0. The number of hydrogen-bond acceptors (Lipinski definition) is 6. The SMILES string of the molecule is CCOC(=O)c1sc2cc(OCc3cccnc3)ccc2c1Sc1cccc(Cl)c1. The summed E-state index contributed by atoms with van der Waals surface area (Å²) in [6.45, 7) is 2.56. The number of nitrogens with zero attached hydrogens (tertiary/aromatic N) is 1. The first-order valence-corrected chi connectivity index (χ1v) is 11.3. The van der Waals surface area contributed by atoms with E-state index in [2.05, 4.69) is 4.98 Å². The quantitative estimate of drug-likeness (QED) is 0.285. The fourth-order valence-corrected chi connectivity index (χ4v) is 5.50. The van der Waals surface area contributed by atoms with Gasteiger partial charge in [-0.3, -0.25) is 4.98 Å². The maximum Gasteiger partial charge on any atom is 0.349 e. The molecule has 0 saturated carbocycles. The van der Waals surface area contributed by atoms with Crippen molar-refractivity contribution < 1.29 is 14.3 Å². The number of esters is 1. The molecule has 2 heterocycles. The Morgan fingerprint density at radius 1 is 1.17 bits per heavy atom. The molecular weight excluding hydrogens is 438 g/mol. The highest BCUT2D eigenvalue weighted by Crippen LogP contribution is 2.43. The Morgan fingerprint density at radius 3 is 2.83 bits per heavy atom. The smallest absolute Gasteiger partial charge is 0.349 e. The van der Waals surface area contributed by atoms with E-state index in [4.69, 9.17) is 21.1 Å². The van der Waals surface area contributed by atoms with Gasteiger partial charge in [-0.15, -0.1) is 11.3 Å². The van der Waals surface area contributed by atoms with Crippen LogP contribution >= 0.6 is 34.7 Å². The molecule has 0 aliphatic heterocycles. The normalized spacial score (nSPS) is 10.9. The lowest BCUT2D eigenvalue weighted by Crippen LogP contribution is -2.03. The predicted octanol–water partition coefficient (Wildman–Crippen LogP) is 6.86. The van der Waals surface area contributed by atoms with E-state index in [0.717, 1.165) is 31.2 Å². The van der Waals surface area contributed by atoms with Crippen molar-refractivity contribution in [1.29, 1.82) is 0 Å². The lowest BCUT2D eigenvalue weighted by molar-refractivity contribution is 0.0528. The van der Waals surface area contributed by atoms with E-state index in [1.807, 2.05) is 54.6 Å². The molecule has 0 fully saturated rings. The minimum Gasteiger partial charge on any atom is -0.489 e. The zero-order valence-corrected chi connectivity index (χ0v) is 18.5. The van der Waals surface area contributed by atoms with Crippen LogP contribution in [-0.4, -0.2) is 17.6 Å². The molecular formula is C23H18ClNO3S2. The highest BCUT2D eigenvalue weighted by Gasteiger charge is 2.21. The van der Waals surface area contributed by atoms with Gasteiger partial charge in [0.1, 0.15) is 17.2 Å². The first-order chi connectivity index (χ1) is 14.6. The number of carbonyl (C=O) groups is 1. The van der Waals surface area contributed by atoms with Gasteiger partial charge in [0.05, 0.1) is 6.61 Å². The number of thiophene rings is 1. The van der Waals surface area contributed by atoms with E-state index in [1.165, 1.54) is 23.1 Å². The first kappa shape index (κ1) is 20.7. The lowest BCUT2D eigenvalue weighted by atomic mass is 10.2. The third kappa shape index (κ3) is 4.78. The summed E-state index contributed by atoms with van der Waals surface area (Å²) in [4.78, 5) is 19.1. The van der Waals surface area contributed by atoms with Gasteiger partial charge in [-0.25, -0.2) is 4.79 Å². The zero-order chi connectivity index (χ0) is 20.9. The monoisotopic (exact) mass is 455 g/mol. The lowest BCUT2D eigenvalue weighted by Gasteiger charge is -2.07. The molecule has 0 amide bonds. The van der Waals surface area contributed by atoms with Gasteiger partial charge in [-0.2, -0.15) is 0 Å². The molecule has 2 aromatic carbocycles. The van der Waals surface area contributed by atoms with E-state index in [-0.39, 0.29) is 5.97 Å². The summed E-state index contributed by atoms with van der Waals surface area (Å²) in [5, 5.41) is 1.64. The van der Waals surface area contributed by atoms with Crippen molar-refractivity contribution in [1.82, 2.24) is 4.98 Å². The van der Waals surface area contributed by atoms with Crippen molar-refractivity contribution in [3.05, 3.63) is 82.5 Å². The van der Waals surface area contributed by atoms with Gasteiger partial charge >= 0.3 is 5.97 Å². The summed E-state index contributed by atoms with van der Waals surface area (Å²) in [6.07, 6.45) is 3.51. The molecule has 4 aromatic rings. The zero-order valence-electron chi connectivity index (χ0n) is 16.1.